The summed E-state index contributed by atoms with van der Waals surface area (Å²) in [5.41, 5.74) is 0.701. The number of nitrogens with zero attached hydrogens (tertiary/aromatic N) is 1. The average Bonchev–Trinajstić information content (AvgIpc) is 2.58. The summed E-state index contributed by atoms with van der Waals surface area (Å²) in [5, 5.41) is 0. The van der Waals surface area contributed by atoms with Crippen LogP contribution in [-0.4, -0.2) is 59.3 Å². The molecule has 8 nitrogen and oxygen atoms in total. The summed E-state index contributed by atoms with van der Waals surface area (Å²) < 4.78 is 50.6. The van der Waals surface area contributed by atoms with Crippen LogP contribution in [-0.2, 0) is 21.5 Å². The Morgan fingerprint density at radius 3 is 2.04 bits per heavy atom. The lowest BCUT2D eigenvalue weighted by atomic mass is 10.2. The molecule has 142 valence electrons. The van der Waals surface area contributed by atoms with Crippen LogP contribution < -0.4 is 18.9 Å². The average molecular weight is 374 g/mol. The van der Waals surface area contributed by atoms with Crippen molar-refractivity contribution < 1.29 is 27.4 Å². The smallest absolute Gasteiger partial charge is 0.279 e. The molecule has 0 aromatic heterocycles. The summed E-state index contributed by atoms with van der Waals surface area (Å²) >= 11 is 0. The molecule has 1 heterocycles. The molecular weight excluding hydrogens is 348 g/mol. The molecule has 0 radical (unpaired) electrons. The Bertz CT molecular complexity index is 659. The molecule has 0 saturated carbocycles. The molecule has 1 N–H and O–H groups in total. The zero-order chi connectivity index (χ0) is 18.6. The number of methoxy groups -OCH3 is 3. The van der Waals surface area contributed by atoms with E-state index in [1.54, 1.807) is 12.1 Å². The standard InChI is InChI=1S/C16H26N2O6S/c1-11-9-18(10-12(2)24-11)25(19,20)17-8-13-6-14(21-3)16(23-5)15(7-13)22-4/h6-7,11-12,17H,8-10H2,1-5H3. The first kappa shape index (κ1) is 19.8. The molecular formula is C16H26N2O6S. The fraction of sp³-hybridized carbons (Fsp3) is 0.625. The minimum Gasteiger partial charge on any atom is -0.493 e. The SMILES string of the molecule is COc1cc(CNS(=O)(=O)N2CC(C)OC(C)C2)cc(OC)c1OC. The van der Waals surface area contributed by atoms with E-state index in [1.165, 1.54) is 25.6 Å². The second kappa shape index (κ2) is 8.22. The number of morpholine rings is 1. The third-order valence-electron chi connectivity index (χ3n) is 3.91. The first-order valence-corrected chi connectivity index (χ1v) is 9.43. The Kier molecular flexibility index (Phi) is 6.50. The predicted octanol–water partition coefficient (Wildman–Crippen LogP) is 1.16. The highest BCUT2D eigenvalue weighted by Gasteiger charge is 2.30. The van der Waals surface area contributed by atoms with Crippen LogP contribution in [0.4, 0.5) is 0 Å². The second-order valence-electron chi connectivity index (χ2n) is 5.93. The van der Waals surface area contributed by atoms with Crippen molar-refractivity contribution in [3.05, 3.63) is 17.7 Å². The highest BCUT2D eigenvalue weighted by atomic mass is 32.2. The number of nitrogens with one attached hydrogen (secondary N) is 1. The molecule has 1 aliphatic heterocycles. The van der Waals surface area contributed by atoms with E-state index >= 15 is 0 Å². The van der Waals surface area contributed by atoms with Gasteiger partial charge < -0.3 is 18.9 Å². The molecule has 0 aliphatic carbocycles. The number of ether oxygens (including phenoxy) is 4. The molecule has 25 heavy (non-hydrogen) atoms. The van der Waals surface area contributed by atoms with E-state index in [4.69, 9.17) is 18.9 Å². The van der Waals surface area contributed by atoms with Gasteiger partial charge in [-0.05, 0) is 31.5 Å². The topological polar surface area (TPSA) is 86.3 Å². The van der Waals surface area contributed by atoms with Gasteiger partial charge in [-0.2, -0.15) is 17.4 Å². The van der Waals surface area contributed by atoms with Gasteiger partial charge in [0.2, 0.25) is 5.75 Å². The number of benzene rings is 1. The Morgan fingerprint density at radius 1 is 1.08 bits per heavy atom. The fourth-order valence-electron chi connectivity index (χ4n) is 2.83. The van der Waals surface area contributed by atoms with Gasteiger partial charge in [-0.25, -0.2) is 0 Å². The second-order valence-corrected chi connectivity index (χ2v) is 7.69. The summed E-state index contributed by atoms with van der Waals surface area (Å²) in [5.74, 6) is 1.42. The van der Waals surface area contributed by atoms with E-state index in [9.17, 15) is 8.42 Å². The Hall–Kier alpha value is -1.55. The molecule has 0 spiro atoms. The molecule has 2 unspecified atom stereocenters. The first-order valence-electron chi connectivity index (χ1n) is 7.99. The van der Waals surface area contributed by atoms with Crippen LogP contribution in [0.1, 0.15) is 19.4 Å². The van der Waals surface area contributed by atoms with Gasteiger partial charge in [-0.1, -0.05) is 0 Å². The zero-order valence-corrected chi connectivity index (χ0v) is 16.1. The molecule has 1 aromatic rings. The maximum atomic E-state index is 12.6. The van der Waals surface area contributed by atoms with Gasteiger partial charge in [0.05, 0.1) is 33.5 Å². The van der Waals surface area contributed by atoms with Crippen molar-refractivity contribution in [2.24, 2.45) is 0 Å². The number of hydrogen-bond donors (Lipinski definition) is 1. The summed E-state index contributed by atoms with van der Waals surface area (Å²) in [6, 6.07) is 3.43. The van der Waals surface area contributed by atoms with E-state index in [-0.39, 0.29) is 18.8 Å². The largest absolute Gasteiger partial charge is 0.493 e. The van der Waals surface area contributed by atoms with Gasteiger partial charge in [-0.15, -0.1) is 0 Å². The Morgan fingerprint density at radius 2 is 1.60 bits per heavy atom. The van der Waals surface area contributed by atoms with E-state index < -0.39 is 10.2 Å². The van der Waals surface area contributed by atoms with E-state index in [1.807, 2.05) is 13.8 Å². The van der Waals surface area contributed by atoms with Crippen LogP contribution in [0.25, 0.3) is 0 Å². The fourth-order valence-corrected chi connectivity index (χ4v) is 4.17. The number of rotatable bonds is 7. The predicted molar refractivity (Wildman–Crippen MR) is 93.4 cm³/mol. The van der Waals surface area contributed by atoms with Crippen molar-refractivity contribution in [3.8, 4) is 17.2 Å². The maximum Gasteiger partial charge on any atom is 0.279 e. The minimum atomic E-state index is -3.61. The lowest BCUT2D eigenvalue weighted by Gasteiger charge is -2.34. The molecule has 9 heteroatoms. The third-order valence-corrected chi connectivity index (χ3v) is 5.40. The Balaban J connectivity index is 2.14. The van der Waals surface area contributed by atoms with Crippen molar-refractivity contribution in [1.82, 2.24) is 9.03 Å². The summed E-state index contributed by atoms with van der Waals surface area (Å²) in [6.45, 7) is 4.48. The lowest BCUT2D eigenvalue weighted by molar-refractivity contribution is -0.0444. The monoisotopic (exact) mass is 374 g/mol. The summed E-state index contributed by atoms with van der Waals surface area (Å²) in [6.07, 6.45) is -0.275. The van der Waals surface area contributed by atoms with Crippen molar-refractivity contribution in [3.63, 3.8) is 0 Å². The van der Waals surface area contributed by atoms with Crippen molar-refractivity contribution in [2.75, 3.05) is 34.4 Å². The van der Waals surface area contributed by atoms with Crippen molar-refractivity contribution in [1.29, 1.82) is 0 Å². The molecule has 0 amide bonds. The van der Waals surface area contributed by atoms with Gasteiger partial charge in [0.15, 0.2) is 11.5 Å². The molecule has 0 bridgehead atoms. The number of hydrogen-bond acceptors (Lipinski definition) is 6. The van der Waals surface area contributed by atoms with E-state index in [2.05, 4.69) is 4.72 Å². The quantitative estimate of drug-likeness (QED) is 0.771. The molecule has 1 fully saturated rings. The van der Waals surface area contributed by atoms with Crippen LogP contribution in [0.5, 0.6) is 17.2 Å². The van der Waals surface area contributed by atoms with Gasteiger partial charge in [-0.3, -0.25) is 0 Å². The van der Waals surface area contributed by atoms with Crippen molar-refractivity contribution in [2.45, 2.75) is 32.6 Å². The lowest BCUT2D eigenvalue weighted by Crippen LogP contribution is -2.51. The van der Waals surface area contributed by atoms with E-state index in [0.29, 0.717) is 35.9 Å². The van der Waals surface area contributed by atoms with Gasteiger partial charge in [0.1, 0.15) is 0 Å². The molecule has 2 atom stereocenters. The third kappa shape index (κ3) is 4.75. The summed E-state index contributed by atoms with van der Waals surface area (Å²) in [7, 11) is 0.937. The maximum absolute atomic E-state index is 12.6. The molecule has 1 aliphatic rings. The van der Waals surface area contributed by atoms with Crippen LogP contribution >= 0.6 is 0 Å². The van der Waals surface area contributed by atoms with Crippen molar-refractivity contribution >= 4 is 10.2 Å². The van der Waals surface area contributed by atoms with Crippen LogP contribution in [0.3, 0.4) is 0 Å². The highest BCUT2D eigenvalue weighted by Crippen LogP contribution is 2.38. The first-order chi connectivity index (χ1) is 11.8. The van der Waals surface area contributed by atoms with Crippen LogP contribution in [0.2, 0.25) is 0 Å². The highest BCUT2D eigenvalue weighted by molar-refractivity contribution is 7.87. The Labute approximate surface area is 149 Å². The van der Waals surface area contributed by atoms with Gasteiger partial charge in [0.25, 0.3) is 10.2 Å². The zero-order valence-electron chi connectivity index (χ0n) is 15.2. The summed E-state index contributed by atoms with van der Waals surface area (Å²) in [4.78, 5) is 0. The van der Waals surface area contributed by atoms with Crippen LogP contribution in [0.15, 0.2) is 12.1 Å². The molecule has 2 rings (SSSR count). The molecule has 1 saturated heterocycles. The molecule has 1 aromatic carbocycles. The normalized spacial score (nSPS) is 21.8. The minimum absolute atomic E-state index is 0.110. The van der Waals surface area contributed by atoms with E-state index in [0.717, 1.165) is 0 Å². The van der Waals surface area contributed by atoms with Crippen LogP contribution in [0, 0.1) is 0 Å². The van der Waals surface area contributed by atoms with Gasteiger partial charge in [0, 0.05) is 19.6 Å². The van der Waals surface area contributed by atoms with Gasteiger partial charge >= 0.3 is 0 Å².